The molecule has 2 nitrogen and oxygen atoms in total. The maximum Gasteiger partial charge on any atom is 0.123 e. The summed E-state index contributed by atoms with van der Waals surface area (Å²) < 4.78 is 0. The molecule has 0 radical (unpaired) electrons. The fraction of sp³-hybridized carbons (Fsp3) is 0.864. The molecule has 24 heavy (non-hydrogen) atoms. The maximum absolute atomic E-state index is 11.4. The molecule has 0 spiro atoms. The Kier molecular flexibility index (Phi) is 3.99. The zero-order valence-electron chi connectivity index (χ0n) is 15.6. The van der Waals surface area contributed by atoms with Crippen molar-refractivity contribution in [1.82, 2.24) is 0 Å². The van der Waals surface area contributed by atoms with Crippen LogP contribution in [0.3, 0.4) is 0 Å². The lowest BCUT2D eigenvalue weighted by Crippen LogP contribution is -2.50. The summed E-state index contributed by atoms with van der Waals surface area (Å²) in [6.45, 7) is 7.13. The second-order valence-electron chi connectivity index (χ2n) is 9.88. The number of allylic oxidation sites excluding steroid dienone is 1. The Hall–Kier alpha value is -0.630. The lowest BCUT2D eigenvalue weighted by Gasteiger charge is -2.58. The topological polar surface area (TPSA) is 37.3 Å². The number of rotatable bonds is 2. The van der Waals surface area contributed by atoms with Gasteiger partial charge in [0.1, 0.15) is 6.29 Å². The maximum atomic E-state index is 11.4. The third-order valence-corrected chi connectivity index (χ3v) is 9.00. The second-order valence-corrected chi connectivity index (χ2v) is 9.88. The van der Waals surface area contributed by atoms with Crippen molar-refractivity contribution >= 4 is 6.29 Å². The van der Waals surface area contributed by atoms with Gasteiger partial charge >= 0.3 is 0 Å². The lowest BCUT2D eigenvalue weighted by atomic mass is 9.47. The number of hydrogen-bond acceptors (Lipinski definition) is 2. The highest BCUT2D eigenvalue weighted by Gasteiger charge is 2.59. The highest BCUT2D eigenvalue weighted by Crippen LogP contribution is 2.66. The quantitative estimate of drug-likeness (QED) is 0.585. The van der Waals surface area contributed by atoms with Crippen LogP contribution in [-0.4, -0.2) is 17.5 Å². The van der Waals surface area contributed by atoms with Gasteiger partial charge < -0.3 is 9.90 Å². The third kappa shape index (κ3) is 2.21. The Bertz CT molecular complexity index is 552. The van der Waals surface area contributed by atoms with Crippen LogP contribution in [0.4, 0.5) is 0 Å². The van der Waals surface area contributed by atoms with Gasteiger partial charge in [-0.3, -0.25) is 0 Å². The Morgan fingerprint density at radius 2 is 1.96 bits per heavy atom. The van der Waals surface area contributed by atoms with Crippen molar-refractivity contribution in [2.45, 2.75) is 78.2 Å². The van der Waals surface area contributed by atoms with Crippen LogP contribution in [0.15, 0.2) is 11.6 Å². The summed E-state index contributed by atoms with van der Waals surface area (Å²) in [6, 6.07) is 0. The van der Waals surface area contributed by atoms with E-state index in [9.17, 15) is 9.90 Å². The number of carbonyl (C=O) groups excluding carboxylic acids is 1. The molecule has 0 amide bonds. The molecule has 3 fully saturated rings. The molecule has 134 valence electrons. The largest absolute Gasteiger partial charge is 0.393 e. The average molecular weight is 331 g/mol. The van der Waals surface area contributed by atoms with Crippen molar-refractivity contribution in [3.63, 3.8) is 0 Å². The standard InChI is InChI=1S/C22H34O2/c1-14(13-23)18-6-7-19-17-5-4-15-12-16(24)8-10-21(15,2)20(17)9-11-22(18,19)3/h4,13-14,16-20,24H,5-12H2,1-3H3/t14-,16-,17-,18+,19+,20+,21-,22+/m0/s1. The Morgan fingerprint density at radius 1 is 1.17 bits per heavy atom. The van der Waals surface area contributed by atoms with E-state index < -0.39 is 0 Å². The molecule has 2 heteroatoms. The lowest BCUT2D eigenvalue weighted by molar-refractivity contribution is -0.115. The Balaban J connectivity index is 1.64. The van der Waals surface area contributed by atoms with Crippen LogP contribution in [-0.2, 0) is 4.79 Å². The minimum absolute atomic E-state index is 0.112. The number of aliphatic hydroxyl groups is 1. The number of carbonyl (C=O) groups is 1. The second kappa shape index (κ2) is 5.69. The van der Waals surface area contributed by atoms with Crippen molar-refractivity contribution in [3.8, 4) is 0 Å². The van der Waals surface area contributed by atoms with E-state index >= 15 is 0 Å². The minimum Gasteiger partial charge on any atom is -0.393 e. The monoisotopic (exact) mass is 330 g/mol. The van der Waals surface area contributed by atoms with Crippen LogP contribution in [0.5, 0.6) is 0 Å². The number of hydrogen-bond donors (Lipinski definition) is 1. The van der Waals surface area contributed by atoms with Crippen LogP contribution < -0.4 is 0 Å². The zero-order valence-corrected chi connectivity index (χ0v) is 15.6. The van der Waals surface area contributed by atoms with E-state index in [4.69, 9.17) is 0 Å². The molecule has 0 heterocycles. The molecule has 1 N–H and O–H groups in total. The molecular formula is C22H34O2. The first kappa shape index (κ1) is 16.8. The molecule has 4 rings (SSSR count). The highest BCUT2D eigenvalue weighted by molar-refractivity contribution is 5.53. The van der Waals surface area contributed by atoms with E-state index in [1.165, 1.54) is 44.8 Å². The summed E-state index contributed by atoms with van der Waals surface area (Å²) in [7, 11) is 0. The van der Waals surface area contributed by atoms with E-state index in [1.807, 2.05) is 0 Å². The summed E-state index contributed by atoms with van der Waals surface area (Å²) in [4.78, 5) is 11.4. The van der Waals surface area contributed by atoms with E-state index in [1.54, 1.807) is 5.57 Å². The predicted molar refractivity (Wildman–Crippen MR) is 96.4 cm³/mol. The first-order chi connectivity index (χ1) is 11.4. The number of aldehydes is 1. The average Bonchev–Trinajstić information content (AvgIpc) is 2.92. The number of aliphatic hydroxyl groups excluding tert-OH is 1. The smallest absolute Gasteiger partial charge is 0.123 e. The van der Waals surface area contributed by atoms with Gasteiger partial charge in [0.15, 0.2) is 0 Å². The normalized spacial score (nSPS) is 51.8. The van der Waals surface area contributed by atoms with E-state index in [-0.39, 0.29) is 12.0 Å². The Morgan fingerprint density at radius 3 is 2.71 bits per heavy atom. The van der Waals surface area contributed by atoms with E-state index in [0.29, 0.717) is 16.7 Å². The third-order valence-electron chi connectivity index (χ3n) is 9.00. The van der Waals surface area contributed by atoms with Gasteiger partial charge in [-0.25, -0.2) is 0 Å². The van der Waals surface area contributed by atoms with E-state index in [0.717, 1.165) is 30.6 Å². The van der Waals surface area contributed by atoms with Gasteiger partial charge in [-0.2, -0.15) is 0 Å². The van der Waals surface area contributed by atoms with Gasteiger partial charge in [0.05, 0.1) is 6.10 Å². The van der Waals surface area contributed by atoms with Gasteiger partial charge in [-0.15, -0.1) is 0 Å². The van der Waals surface area contributed by atoms with Gasteiger partial charge in [0.25, 0.3) is 0 Å². The molecule has 0 aromatic carbocycles. The summed E-state index contributed by atoms with van der Waals surface area (Å²) in [6.07, 6.45) is 13.0. The summed E-state index contributed by atoms with van der Waals surface area (Å²) in [5.74, 6) is 3.20. The fourth-order valence-electron chi connectivity index (χ4n) is 7.64. The van der Waals surface area contributed by atoms with Crippen molar-refractivity contribution < 1.29 is 9.90 Å². The molecular weight excluding hydrogens is 296 g/mol. The molecule has 0 aromatic heterocycles. The minimum atomic E-state index is -0.112. The van der Waals surface area contributed by atoms with Crippen LogP contribution >= 0.6 is 0 Å². The Labute approximate surface area is 147 Å². The van der Waals surface area contributed by atoms with E-state index in [2.05, 4.69) is 26.8 Å². The molecule has 0 bridgehead atoms. The van der Waals surface area contributed by atoms with Crippen LogP contribution in [0.2, 0.25) is 0 Å². The van der Waals surface area contributed by atoms with Crippen LogP contribution in [0, 0.1) is 40.4 Å². The molecule has 4 aliphatic carbocycles. The van der Waals surface area contributed by atoms with Crippen molar-refractivity contribution in [1.29, 1.82) is 0 Å². The molecule has 4 aliphatic rings. The molecule has 8 atom stereocenters. The predicted octanol–water partition coefficient (Wildman–Crippen LogP) is 4.76. The summed E-state index contributed by atoms with van der Waals surface area (Å²) >= 11 is 0. The SMILES string of the molecule is C[C@@H](C=O)[C@H]1CC[C@@H]2[C@@H]3CC=C4C[C@@H](O)CC[C@]4(C)[C@@H]3CC[C@@]21C. The molecule has 0 aliphatic heterocycles. The van der Waals surface area contributed by atoms with Crippen molar-refractivity contribution in [2.75, 3.05) is 0 Å². The molecule has 0 aromatic rings. The first-order valence-electron chi connectivity index (χ1n) is 10.2. The molecule has 0 unspecified atom stereocenters. The van der Waals surface area contributed by atoms with Crippen LogP contribution in [0.1, 0.15) is 72.1 Å². The van der Waals surface area contributed by atoms with Gasteiger partial charge in [-0.05, 0) is 85.9 Å². The van der Waals surface area contributed by atoms with Gasteiger partial charge in [-0.1, -0.05) is 32.4 Å². The summed E-state index contributed by atoms with van der Waals surface area (Å²) in [5.41, 5.74) is 2.26. The van der Waals surface area contributed by atoms with Gasteiger partial charge in [0, 0.05) is 5.92 Å². The van der Waals surface area contributed by atoms with Gasteiger partial charge in [0.2, 0.25) is 0 Å². The molecule has 3 saturated carbocycles. The summed E-state index contributed by atoms with van der Waals surface area (Å²) in [5, 5.41) is 10.1. The highest BCUT2D eigenvalue weighted by atomic mass is 16.3. The number of fused-ring (bicyclic) bond motifs is 5. The fourth-order valence-corrected chi connectivity index (χ4v) is 7.64. The zero-order chi connectivity index (χ0) is 17.1. The first-order valence-corrected chi connectivity index (χ1v) is 10.2. The van der Waals surface area contributed by atoms with Crippen molar-refractivity contribution in [3.05, 3.63) is 11.6 Å². The molecule has 0 saturated heterocycles. The van der Waals surface area contributed by atoms with Crippen LogP contribution in [0.25, 0.3) is 0 Å². The van der Waals surface area contributed by atoms with Crippen molar-refractivity contribution in [2.24, 2.45) is 40.4 Å².